The summed E-state index contributed by atoms with van der Waals surface area (Å²) < 4.78 is 27.0. The van der Waals surface area contributed by atoms with Gasteiger partial charge in [0.1, 0.15) is 4.21 Å². The van der Waals surface area contributed by atoms with E-state index in [0.717, 1.165) is 19.0 Å². The van der Waals surface area contributed by atoms with Crippen LogP contribution in [-0.2, 0) is 10.0 Å². The zero-order valence-electron chi connectivity index (χ0n) is 14.4. The first kappa shape index (κ1) is 21.7. The minimum absolute atomic E-state index is 0. The highest BCUT2D eigenvalue weighted by Crippen LogP contribution is 2.20. The Hall–Kier alpha value is -0.390. The molecule has 0 aromatic carbocycles. The Morgan fingerprint density at radius 1 is 1.33 bits per heavy atom. The molecule has 24 heavy (non-hydrogen) atoms. The number of halogens is 1. The lowest BCUT2D eigenvalue weighted by Gasteiger charge is -2.37. The van der Waals surface area contributed by atoms with Crippen molar-refractivity contribution in [3.8, 4) is 0 Å². The third kappa shape index (κ3) is 6.16. The van der Waals surface area contributed by atoms with Gasteiger partial charge in [0, 0.05) is 33.2 Å². The van der Waals surface area contributed by atoms with Crippen molar-refractivity contribution >= 4 is 51.3 Å². The molecule has 0 amide bonds. The molecule has 1 aromatic rings. The maximum absolute atomic E-state index is 12.0. The molecule has 2 unspecified atom stereocenters. The topological polar surface area (TPSA) is 73.8 Å². The predicted molar refractivity (Wildman–Crippen MR) is 111 cm³/mol. The van der Waals surface area contributed by atoms with Crippen LogP contribution < -0.4 is 10.0 Å². The summed E-state index contributed by atoms with van der Waals surface area (Å²) in [7, 11) is -1.62. The maximum atomic E-state index is 12.0. The minimum atomic E-state index is -3.39. The molecule has 2 heterocycles. The SMILES string of the molecule is CN=C(NCCNS(=O)(=O)c1cccs1)N1CC(C)CC(C)C1.I. The third-order valence-electron chi connectivity index (χ3n) is 3.84. The summed E-state index contributed by atoms with van der Waals surface area (Å²) in [6.45, 7) is 7.33. The average molecular weight is 486 g/mol. The number of hydrogen-bond donors (Lipinski definition) is 2. The molecule has 0 bridgehead atoms. The van der Waals surface area contributed by atoms with E-state index in [2.05, 4.69) is 33.8 Å². The van der Waals surface area contributed by atoms with Crippen LogP contribution in [0.4, 0.5) is 0 Å². The van der Waals surface area contributed by atoms with E-state index >= 15 is 0 Å². The number of likely N-dealkylation sites (tertiary alicyclic amines) is 1. The van der Waals surface area contributed by atoms with E-state index in [9.17, 15) is 8.42 Å². The number of aliphatic imine (C=N–C) groups is 1. The average Bonchev–Trinajstić information content (AvgIpc) is 3.01. The molecule has 1 aliphatic rings. The molecule has 138 valence electrons. The van der Waals surface area contributed by atoms with Crippen LogP contribution >= 0.6 is 35.3 Å². The molecular weight excluding hydrogens is 459 g/mol. The normalized spacial score (nSPS) is 22.1. The molecular formula is C15H27IN4O2S2. The largest absolute Gasteiger partial charge is 0.355 e. The van der Waals surface area contributed by atoms with Gasteiger partial charge in [-0.1, -0.05) is 19.9 Å². The molecule has 1 aromatic heterocycles. The van der Waals surface area contributed by atoms with Crippen molar-refractivity contribution in [2.75, 3.05) is 33.2 Å². The minimum Gasteiger partial charge on any atom is -0.355 e. The molecule has 6 nitrogen and oxygen atoms in total. The van der Waals surface area contributed by atoms with E-state index in [-0.39, 0.29) is 24.0 Å². The van der Waals surface area contributed by atoms with E-state index in [0.29, 0.717) is 29.1 Å². The van der Waals surface area contributed by atoms with Crippen LogP contribution in [0, 0.1) is 11.8 Å². The number of rotatable bonds is 5. The number of guanidine groups is 1. The van der Waals surface area contributed by atoms with Crippen molar-refractivity contribution in [3.05, 3.63) is 17.5 Å². The lowest BCUT2D eigenvalue weighted by Crippen LogP contribution is -2.49. The van der Waals surface area contributed by atoms with E-state index in [4.69, 9.17) is 0 Å². The van der Waals surface area contributed by atoms with Gasteiger partial charge in [0.15, 0.2) is 5.96 Å². The van der Waals surface area contributed by atoms with E-state index < -0.39 is 10.0 Å². The Labute approximate surface area is 166 Å². The molecule has 0 spiro atoms. The maximum Gasteiger partial charge on any atom is 0.250 e. The van der Waals surface area contributed by atoms with Crippen LogP contribution in [-0.4, -0.2) is 52.5 Å². The van der Waals surface area contributed by atoms with Gasteiger partial charge < -0.3 is 10.2 Å². The summed E-state index contributed by atoms with van der Waals surface area (Å²) in [4.78, 5) is 6.58. The van der Waals surface area contributed by atoms with Crippen LogP contribution in [0.1, 0.15) is 20.3 Å². The van der Waals surface area contributed by atoms with Gasteiger partial charge in [-0.3, -0.25) is 4.99 Å². The van der Waals surface area contributed by atoms with Gasteiger partial charge in [0.05, 0.1) is 0 Å². The summed E-state index contributed by atoms with van der Waals surface area (Å²) in [5, 5.41) is 5.01. The highest BCUT2D eigenvalue weighted by molar-refractivity contribution is 14.0. The Morgan fingerprint density at radius 3 is 2.54 bits per heavy atom. The standard InChI is InChI=1S/C15H26N4O2S2.HI/c1-12-9-13(2)11-19(10-12)15(16-3)17-6-7-18-23(20,21)14-5-4-8-22-14;/h4-5,8,12-13,18H,6-7,9-11H2,1-3H3,(H,16,17);1H. The number of nitrogens with one attached hydrogen (secondary N) is 2. The number of nitrogens with zero attached hydrogens (tertiary/aromatic N) is 2. The molecule has 2 atom stereocenters. The fourth-order valence-corrected chi connectivity index (χ4v) is 5.08. The fourth-order valence-electron chi connectivity index (χ4n) is 3.02. The Bertz CT molecular complexity index is 609. The molecule has 1 fully saturated rings. The Kier molecular flexibility index (Phi) is 8.96. The van der Waals surface area contributed by atoms with Gasteiger partial charge in [0.25, 0.3) is 0 Å². The monoisotopic (exact) mass is 486 g/mol. The lowest BCUT2D eigenvalue weighted by atomic mass is 9.92. The fraction of sp³-hybridized carbons (Fsp3) is 0.667. The number of hydrogen-bond acceptors (Lipinski definition) is 4. The zero-order valence-corrected chi connectivity index (χ0v) is 18.3. The number of sulfonamides is 1. The molecule has 1 aliphatic heterocycles. The number of piperidine rings is 1. The molecule has 0 saturated carbocycles. The summed E-state index contributed by atoms with van der Waals surface area (Å²) >= 11 is 1.22. The van der Waals surface area contributed by atoms with Gasteiger partial charge in [0.2, 0.25) is 10.0 Å². The first-order valence-corrected chi connectivity index (χ1v) is 10.3. The predicted octanol–water partition coefficient (Wildman–Crippen LogP) is 2.20. The van der Waals surface area contributed by atoms with Crippen LogP contribution in [0.15, 0.2) is 26.7 Å². The smallest absolute Gasteiger partial charge is 0.250 e. The molecule has 0 aliphatic carbocycles. The quantitative estimate of drug-likeness (QED) is 0.290. The summed E-state index contributed by atoms with van der Waals surface area (Å²) in [6, 6.07) is 3.34. The Balaban J connectivity index is 0.00000288. The van der Waals surface area contributed by atoms with Crippen molar-refractivity contribution < 1.29 is 8.42 Å². The second-order valence-corrected chi connectivity index (χ2v) is 9.10. The van der Waals surface area contributed by atoms with Gasteiger partial charge in [-0.2, -0.15) is 0 Å². The molecule has 9 heteroatoms. The van der Waals surface area contributed by atoms with Gasteiger partial charge >= 0.3 is 0 Å². The molecule has 2 N–H and O–H groups in total. The van der Waals surface area contributed by atoms with E-state index in [1.54, 1.807) is 24.6 Å². The zero-order chi connectivity index (χ0) is 16.9. The Morgan fingerprint density at radius 2 is 2.00 bits per heavy atom. The second-order valence-electron chi connectivity index (χ2n) is 6.15. The molecule has 2 rings (SSSR count). The van der Waals surface area contributed by atoms with Crippen LogP contribution in [0.2, 0.25) is 0 Å². The molecule has 0 radical (unpaired) electrons. The van der Waals surface area contributed by atoms with E-state index in [1.807, 2.05) is 0 Å². The van der Waals surface area contributed by atoms with Crippen LogP contribution in [0.5, 0.6) is 0 Å². The highest BCUT2D eigenvalue weighted by Gasteiger charge is 2.24. The second kappa shape index (κ2) is 9.93. The van der Waals surface area contributed by atoms with Crippen molar-refractivity contribution in [2.45, 2.75) is 24.5 Å². The third-order valence-corrected chi connectivity index (χ3v) is 6.70. The summed E-state index contributed by atoms with van der Waals surface area (Å²) in [6.07, 6.45) is 1.24. The van der Waals surface area contributed by atoms with Gasteiger partial charge in [-0.25, -0.2) is 13.1 Å². The van der Waals surface area contributed by atoms with Gasteiger partial charge in [-0.05, 0) is 29.7 Å². The molecule has 1 saturated heterocycles. The summed E-state index contributed by atoms with van der Waals surface area (Å²) in [5.41, 5.74) is 0. The summed E-state index contributed by atoms with van der Waals surface area (Å²) in [5.74, 6) is 2.14. The van der Waals surface area contributed by atoms with Crippen LogP contribution in [0.3, 0.4) is 0 Å². The van der Waals surface area contributed by atoms with Crippen molar-refractivity contribution in [1.29, 1.82) is 0 Å². The van der Waals surface area contributed by atoms with Crippen molar-refractivity contribution in [1.82, 2.24) is 14.9 Å². The van der Waals surface area contributed by atoms with Gasteiger partial charge in [-0.15, -0.1) is 35.3 Å². The van der Waals surface area contributed by atoms with Crippen LogP contribution in [0.25, 0.3) is 0 Å². The van der Waals surface area contributed by atoms with E-state index in [1.165, 1.54) is 17.8 Å². The highest BCUT2D eigenvalue weighted by atomic mass is 127. The first-order valence-electron chi connectivity index (χ1n) is 7.91. The first-order chi connectivity index (χ1) is 10.9. The van der Waals surface area contributed by atoms with Crippen molar-refractivity contribution in [2.24, 2.45) is 16.8 Å². The number of thiophene rings is 1. The lowest BCUT2D eigenvalue weighted by molar-refractivity contribution is 0.208. The van der Waals surface area contributed by atoms with Crippen molar-refractivity contribution in [3.63, 3.8) is 0 Å².